The zero-order chi connectivity index (χ0) is 52.2. The molecule has 10 heteroatoms. The van der Waals surface area contributed by atoms with Gasteiger partial charge in [-0.3, -0.25) is 18.6 Å². The Hall–Kier alpha value is -2.81. The number of ether oxygens (including phenoxy) is 1. The molecule has 0 aliphatic rings. The molecule has 3 unspecified atom stereocenters. The van der Waals surface area contributed by atoms with Gasteiger partial charge >= 0.3 is 13.8 Å². The summed E-state index contributed by atoms with van der Waals surface area (Å²) in [6.07, 6.45) is 65.8. The molecular formula is C61H110N2O7P+. The second-order valence-electron chi connectivity index (χ2n) is 20.4. The van der Waals surface area contributed by atoms with E-state index in [1.54, 1.807) is 0 Å². The topological polar surface area (TPSA) is 111 Å². The third-order valence-electron chi connectivity index (χ3n) is 12.3. The van der Waals surface area contributed by atoms with Crippen LogP contribution in [0.2, 0.25) is 0 Å². The third kappa shape index (κ3) is 51.9. The van der Waals surface area contributed by atoms with Gasteiger partial charge < -0.3 is 19.4 Å². The molecule has 0 saturated carbocycles. The van der Waals surface area contributed by atoms with Crippen molar-refractivity contribution in [2.75, 3.05) is 40.9 Å². The van der Waals surface area contributed by atoms with Gasteiger partial charge in [0.15, 0.2) is 0 Å². The van der Waals surface area contributed by atoms with Gasteiger partial charge in [-0.2, -0.15) is 0 Å². The molecule has 410 valence electrons. The molecule has 0 aliphatic heterocycles. The first-order valence-electron chi connectivity index (χ1n) is 28.9. The number of rotatable bonds is 51. The third-order valence-corrected chi connectivity index (χ3v) is 13.3. The second-order valence-corrected chi connectivity index (χ2v) is 21.9. The zero-order valence-corrected chi connectivity index (χ0v) is 47.6. The lowest BCUT2D eigenvalue weighted by Crippen LogP contribution is -2.47. The van der Waals surface area contributed by atoms with E-state index in [0.29, 0.717) is 17.4 Å². The average molecular weight is 1010 g/mol. The predicted octanol–water partition coefficient (Wildman–Crippen LogP) is 17.4. The molecule has 0 fully saturated rings. The van der Waals surface area contributed by atoms with Gasteiger partial charge in [0.25, 0.3) is 0 Å². The minimum atomic E-state index is -4.45. The molecule has 9 nitrogen and oxygen atoms in total. The van der Waals surface area contributed by atoms with Crippen LogP contribution < -0.4 is 5.32 Å². The maximum atomic E-state index is 13.4. The number of quaternary nitrogens is 1. The highest BCUT2D eigenvalue weighted by molar-refractivity contribution is 7.47. The van der Waals surface area contributed by atoms with E-state index >= 15 is 0 Å². The summed E-state index contributed by atoms with van der Waals surface area (Å²) in [5, 5.41) is 3.03. The maximum Gasteiger partial charge on any atom is 0.472 e. The van der Waals surface area contributed by atoms with Crippen LogP contribution in [0.3, 0.4) is 0 Å². The fourth-order valence-electron chi connectivity index (χ4n) is 7.83. The Morgan fingerprint density at radius 2 is 0.915 bits per heavy atom. The van der Waals surface area contributed by atoms with Crippen molar-refractivity contribution < 1.29 is 37.3 Å². The molecule has 3 atom stereocenters. The fraction of sp³-hybridized carbons (Fsp3) is 0.738. The Labute approximate surface area is 437 Å². The number of nitrogens with zero attached hydrogens (tertiary/aromatic N) is 1. The van der Waals surface area contributed by atoms with Gasteiger partial charge in [0, 0.05) is 12.8 Å². The van der Waals surface area contributed by atoms with Crippen LogP contribution in [0, 0.1) is 0 Å². The number of hydrogen-bond acceptors (Lipinski definition) is 6. The highest BCUT2D eigenvalue weighted by Gasteiger charge is 2.30. The number of carbonyl (C=O) groups is 2. The largest absolute Gasteiger partial charge is 0.472 e. The van der Waals surface area contributed by atoms with E-state index in [0.717, 1.165) is 128 Å². The number of carbonyl (C=O) groups excluding carboxylic acids is 2. The molecule has 0 heterocycles. The normalized spacial score (nSPS) is 14.4. The summed E-state index contributed by atoms with van der Waals surface area (Å²) in [5.74, 6) is -0.534. The molecule has 0 spiro atoms. The highest BCUT2D eigenvalue weighted by Crippen LogP contribution is 2.43. The Morgan fingerprint density at radius 1 is 0.507 bits per heavy atom. The quantitative estimate of drug-likeness (QED) is 0.0205. The molecular weight excluding hydrogens is 904 g/mol. The molecule has 0 rings (SSSR count). The number of phosphoric ester groups is 1. The lowest BCUT2D eigenvalue weighted by Gasteiger charge is -2.27. The summed E-state index contributed by atoms with van der Waals surface area (Å²) in [7, 11) is 1.47. The molecule has 0 aromatic rings. The van der Waals surface area contributed by atoms with Gasteiger partial charge in [-0.05, 0) is 96.0 Å². The first-order chi connectivity index (χ1) is 34.4. The minimum absolute atomic E-state index is 0.0333. The molecule has 0 aliphatic carbocycles. The van der Waals surface area contributed by atoms with Crippen molar-refractivity contribution in [1.82, 2.24) is 5.32 Å². The fourth-order valence-corrected chi connectivity index (χ4v) is 8.56. The van der Waals surface area contributed by atoms with Crippen LogP contribution in [0.4, 0.5) is 0 Å². The molecule has 0 radical (unpaired) electrons. The number of allylic oxidation sites excluding steroid dienone is 13. The van der Waals surface area contributed by atoms with Crippen LogP contribution in [0.25, 0.3) is 0 Å². The summed E-state index contributed by atoms with van der Waals surface area (Å²) in [6.45, 7) is 6.82. The SMILES string of the molecule is CC/C=C\C/C=C\C/C=C\C/C=C\C/C=C\CCCCCCCCCC(=O)OC(/C=C\CCCCCCCCCCC)C(COP(=O)(O)OCC[N+](C)(C)C)NC(=O)CCCCCCC/C=C\CCCC. The van der Waals surface area contributed by atoms with Gasteiger partial charge in [-0.25, -0.2) is 4.57 Å². The van der Waals surface area contributed by atoms with Crippen LogP contribution in [-0.4, -0.2) is 74.3 Å². The van der Waals surface area contributed by atoms with Crippen molar-refractivity contribution in [2.24, 2.45) is 0 Å². The van der Waals surface area contributed by atoms with Crippen LogP contribution in [0.1, 0.15) is 239 Å². The van der Waals surface area contributed by atoms with Crippen LogP contribution in [0.5, 0.6) is 0 Å². The van der Waals surface area contributed by atoms with Gasteiger partial charge in [0.1, 0.15) is 19.3 Å². The monoisotopic (exact) mass is 1010 g/mol. The maximum absolute atomic E-state index is 13.4. The number of nitrogens with one attached hydrogen (secondary N) is 1. The summed E-state index contributed by atoms with van der Waals surface area (Å²) in [5.41, 5.74) is 0. The lowest BCUT2D eigenvalue weighted by molar-refractivity contribution is -0.870. The van der Waals surface area contributed by atoms with E-state index in [4.69, 9.17) is 13.8 Å². The summed E-state index contributed by atoms with van der Waals surface area (Å²) >= 11 is 0. The molecule has 0 aromatic carbocycles. The smallest absolute Gasteiger partial charge is 0.456 e. The Balaban J connectivity index is 5.22. The number of likely N-dealkylation sites (N-methyl/N-ethyl adjacent to an activating group) is 1. The second kappa shape index (κ2) is 50.7. The van der Waals surface area contributed by atoms with Crippen LogP contribution >= 0.6 is 7.82 Å². The lowest BCUT2D eigenvalue weighted by atomic mass is 10.1. The zero-order valence-electron chi connectivity index (χ0n) is 46.7. The Kier molecular flexibility index (Phi) is 48.7. The van der Waals surface area contributed by atoms with Gasteiger partial charge in [0.2, 0.25) is 5.91 Å². The Bertz CT molecular complexity index is 1490. The molecule has 0 saturated heterocycles. The van der Waals surface area contributed by atoms with E-state index in [1.165, 1.54) is 77.0 Å². The highest BCUT2D eigenvalue weighted by atomic mass is 31.2. The van der Waals surface area contributed by atoms with Crippen molar-refractivity contribution in [1.29, 1.82) is 0 Å². The van der Waals surface area contributed by atoms with Gasteiger partial charge in [-0.1, -0.05) is 215 Å². The van der Waals surface area contributed by atoms with Crippen LogP contribution in [-0.2, 0) is 27.9 Å². The number of unbranched alkanes of at least 4 members (excludes halogenated alkanes) is 23. The summed E-state index contributed by atoms with van der Waals surface area (Å²) in [6, 6.07) is -0.859. The molecule has 71 heavy (non-hydrogen) atoms. The number of phosphoric acid groups is 1. The molecule has 0 bridgehead atoms. The number of esters is 1. The van der Waals surface area contributed by atoms with E-state index in [2.05, 4.69) is 99.0 Å². The van der Waals surface area contributed by atoms with Crippen molar-refractivity contribution >= 4 is 19.7 Å². The summed E-state index contributed by atoms with van der Waals surface area (Å²) < 4.78 is 30.6. The molecule has 1 amide bonds. The standard InChI is InChI=1S/C61H109N2O7P/c1-7-10-13-16-19-22-25-26-27-28-29-30-31-32-33-34-35-36-39-42-45-48-51-54-61(65)70-59(52-49-46-43-40-37-23-20-17-14-11-8-2)58(57-69-71(66,67)68-56-55-63(4,5)6)62-60(64)53-50-47-44-41-38-24-21-18-15-12-9-3/h10,13,18-19,21-22,26-27,29-30,32-33,49,52,58-59H,7-9,11-12,14-17,20,23-25,28,31,34-48,50-51,53-57H2,1-6H3,(H-,62,64,66,67)/p+1/b13-10-,21-18-,22-19-,27-26-,30-29-,33-32-,52-49-. The van der Waals surface area contributed by atoms with Crippen LogP contribution in [0.15, 0.2) is 85.1 Å². The summed E-state index contributed by atoms with van der Waals surface area (Å²) in [4.78, 5) is 37.5. The first kappa shape index (κ1) is 68.2. The van der Waals surface area contributed by atoms with E-state index in [9.17, 15) is 19.0 Å². The van der Waals surface area contributed by atoms with E-state index in [1.807, 2.05) is 33.3 Å². The van der Waals surface area contributed by atoms with Crippen molar-refractivity contribution in [3.05, 3.63) is 85.1 Å². The van der Waals surface area contributed by atoms with E-state index in [-0.39, 0.29) is 31.5 Å². The van der Waals surface area contributed by atoms with Gasteiger partial charge in [0.05, 0.1) is 33.8 Å². The van der Waals surface area contributed by atoms with Crippen molar-refractivity contribution in [3.8, 4) is 0 Å². The number of amides is 1. The molecule has 0 aromatic heterocycles. The average Bonchev–Trinajstić information content (AvgIpc) is 3.33. The predicted molar refractivity (Wildman–Crippen MR) is 304 cm³/mol. The minimum Gasteiger partial charge on any atom is -0.456 e. The molecule has 2 N–H and O–H groups in total. The number of hydrogen-bond donors (Lipinski definition) is 2. The van der Waals surface area contributed by atoms with Gasteiger partial charge in [-0.15, -0.1) is 0 Å². The van der Waals surface area contributed by atoms with E-state index < -0.39 is 20.0 Å². The first-order valence-corrected chi connectivity index (χ1v) is 30.4. The Morgan fingerprint density at radius 3 is 1.41 bits per heavy atom. The van der Waals surface area contributed by atoms with Crippen molar-refractivity contribution in [2.45, 2.75) is 251 Å². The van der Waals surface area contributed by atoms with Crippen molar-refractivity contribution in [3.63, 3.8) is 0 Å².